The van der Waals surface area contributed by atoms with Gasteiger partial charge in [-0.3, -0.25) is 9.59 Å². The smallest absolute Gasteiger partial charge is 0.306 e. The molecule has 10 aliphatic rings. The van der Waals surface area contributed by atoms with Gasteiger partial charge in [-0.2, -0.15) is 0 Å². The van der Waals surface area contributed by atoms with Gasteiger partial charge in [0.2, 0.25) is 0 Å². The first-order valence-corrected chi connectivity index (χ1v) is 21.3. The van der Waals surface area contributed by atoms with Gasteiger partial charge >= 0.3 is 11.9 Å². The molecule has 0 radical (unpaired) electrons. The van der Waals surface area contributed by atoms with E-state index in [0.717, 1.165) is 107 Å². The highest BCUT2D eigenvalue weighted by Gasteiger charge is 2.67. The number of hydrogen-bond acceptors (Lipinski definition) is 8. The molecule has 10 rings (SSSR count). The number of ether oxygens (including phenoxy) is 6. The van der Waals surface area contributed by atoms with Gasteiger partial charge in [0, 0.05) is 12.8 Å². The van der Waals surface area contributed by atoms with Crippen LogP contribution in [0.4, 0.5) is 0 Å². The molecule has 8 heteroatoms. The third kappa shape index (κ3) is 6.15. The third-order valence-electron chi connectivity index (χ3n) is 17.7. The van der Waals surface area contributed by atoms with Crippen LogP contribution in [0.2, 0.25) is 0 Å². The highest BCUT2D eigenvalue weighted by Crippen LogP contribution is 2.73. The molecule has 2 aliphatic heterocycles. The minimum Gasteiger partial charge on any atom is -0.463 e. The Kier molecular flexibility index (Phi) is 9.40. The molecule has 20 unspecified atom stereocenters. The average Bonchev–Trinajstić information content (AvgIpc) is 3.94. The van der Waals surface area contributed by atoms with Crippen LogP contribution in [-0.2, 0) is 38.0 Å². The van der Waals surface area contributed by atoms with Gasteiger partial charge in [-0.15, -0.1) is 0 Å². The number of carbonyl (C=O) groups is 2. The predicted octanol–water partition coefficient (Wildman–Crippen LogP) is 7.37. The van der Waals surface area contributed by atoms with E-state index in [2.05, 4.69) is 27.7 Å². The van der Waals surface area contributed by atoms with Crippen LogP contribution in [0.5, 0.6) is 0 Å². The average molecular weight is 711 g/mol. The first kappa shape index (κ1) is 35.5. The first-order valence-electron chi connectivity index (χ1n) is 21.3. The molecule has 8 saturated carbocycles. The Morgan fingerprint density at radius 1 is 0.627 bits per heavy atom. The molecule has 0 amide bonds. The van der Waals surface area contributed by atoms with Crippen LogP contribution in [0.25, 0.3) is 0 Å². The van der Waals surface area contributed by atoms with Gasteiger partial charge in [-0.05, 0) is 165 Å². The summed E-state index contributed by atoms with van der Waals surface area (Å²) in [7, 11) is 0. The summed E-state index contributed by atoms with van der Waals surface area (Å²) in [5.74, 6) is 15.7. The summed E-state index contributed by atoms with van der Waals surface area (Å²) in [5.41, 5.74) is 0. The van der Waals surface area contributed by atoms with Crippen molar-refractivity contribution in [3.63, 3.8) is 0 Å². The summed E-state index contributed by atoms with van der Waals surface area (Å²) < 4.78 is 32.7. The fraction of sp³-hybridized carbons (Fsp3) is 0.953. The molecule has 51 heavy (non-hydrogen) atoms. The highest BCUT2D eigenvalue weighted by molar-refractivity contribution is 5.70. The van der Waals surface area contributed by atoms with Crippen molar-refractivity contribution in [1.29, 1.82) is 0 Å². The molecule has 0 aromatic heterocycles. The van der Waals surface area contributed by atoms with Crippen molar-refractivity contribution in [2.24, 2.45) is 107 Å². The van der Waals surface area contributed by atoms with Crippen molar-refractivity contribution in [2.45, 2.75) is 117 Å². The van der Waals surface area contributed by atoms with Gasteiger partial charge in [-0.1, -0.05) is 27.7 Å². The molecule has 8 nitrogen and oxygen atoms in total. The van der Waals surface area contributed by atoms with Crippen LogP contribution >= 0.6 is 0 Å². The Hall–Kier alpha value is -1.22. The van der Waals surface area contributed by atoms with Gasteiger partial charge in [0.05, 0.1) is 13.2 Å². The molecular weight excluding hydrogens is 644 g/mol. The Bertz CT molecular complexity index is 1310. The number of esters is 2. The molecule has 2 heterocycles. The van der Waals surface area contributed by atoms with Crippen molar-refractivity contribution >= 4 is 11.9 Å². The Balaban J connectivity index is 0.000000137. The Labute approximate surface area is 306 Å². The zero-order valence-electron chi connectivity index (χ0n) is 32.2. The SMILES string of the molecule is CC1C(C)C2CC1C1C3CC(CC(=O)OCC4COC(C)(C)O4)C(C3)C21.CC1C(C)C2CC1C1C3CC(CCC(=O)OCC4COCO4)C(C3)C21. The minimum atomic E-state index is -0.549. The lowest BCUT2D eigenvalue weighted by molar-refractivity contribution is -0.159. The molecular formula is C43H66O8. The fourth-order valence-corrected chi connectivity index (χ4v) is 15.6. The van der Waals surface area contributed by atoms with Crippen LogP contribution in [0.15, 0.2) is 0 Å². The zero-order chi connectivity index (χ0) is 35.3. The normalized spacial score (nSPS) is 53.0. The van der Waals surface area contributed by atoms with Crippen molar-refractivity contribution in [3.05, 3.63) is 0 Å². The standard InChI is InChI=1S/C22H34O4.C21H32O4/c1-11-12(2)17-8-16(11)20-14-5-13(18(6-14)21(17)20)7-19(23)24-9-15-10-25-22(3,4)26-15;1-11-12(2)17-7-16(11)20-14-5-13(18(6-14)21(17)20)3-4-19(22)24-9-15-8-23-10-25-15/h11-18,20-21H,5-10H2,1-4H3;11-18,20-21H,3-10H2,1-2H3. The van der Waals surface area contributed by atoms with Gasteiger partial charge in [-0.25, -0.2) is 0 Å². The quantitative estimate of drug-likeness (QED) is 0.181. The van der Waals surface area contributed by atoms with Gasteiger partial charge in [0.25, 0.3) is 0 Å². The molecule has 20 atom stereocenters. The van der Waals surface area contributed by atoms with Crippen molar-refractivity contribution < 1.29 is 38.0 Å². The second kappa shape index (κ2) is 13.5. The second-order valence-corrected chi connectivity index (χ2v) is 20.0. The van der Waals surface area contributed by atoms with Crippen LogP contribution in [0.1, 0.15) is 99.3 Å². The fourth-order valence-electron chi connectivity index (χ4n) is 15.6. The monoisotopic (exact) mass is 710 g/mol. The van der Waals surface area contributed by atoms with Crippen LogP contribution < -0.4 is 0 Å². The summed E-state index contributed by atoms with van der Waals surface area (Å²) in [4.78, 5) is 24.5. The molecule has 0 spiro atoms. The largest absolute Gasteiger partial charge is 0.463 e. The zero-order valence-corrected chi connectivity index (χ0v) is 32.2. The van der Waals surface area contributed by atoms with Crippen molar-refractivity contribution in [2.75, 3.05) is 33.2 Å². The molecule has 0 N–H and O–H groups in total. The van der Waals surface area contributed by atoms with E-state index in [1.807, 2.05) is 13.8 Å². The van der Waals surface area contributed by atoms with Gasteiger partial charge in [0.15, 0.2) is 5.79 Å². The summed E-state index contributed by atoms with van der Waals surface area (Å²) in [6.45, 7) is 15.8. The molecule has 2 saturated heterocycles. The Morgan fingerprint density at radius 2 is 1.18 bits per heavy atom. The van der Waals surface area contributed by atoms with Crippen molar-refractivity contribution in [3.8, 4) is 0 Å². The Morgan fingerprint density at radius 3 is 1.75 bits per heavy atom. The number of carbonyl (C=O) groups excluding carboxylic acids is 2. The van der Waals surface area contributed by atoms with E-state index in [4.69, 9.17) is 28.4 Å². The molecule has 286 valence electrons. The van der Waals surface area contributed by atoms with Gasteiger partial charge < -0.3 is 28.4 Å². The van der Waals surface area contributed by atoms with Crippen LogP contribution in [0.3, 0.4) is 0 Å². The highest BCUT2D eigenvalue weighted by atomic mass is 16.7. The maximum Gasteiger partial charge on any atom is 0.306 e. The summed E-state index contributed by atoms with van der Waals surface area (Å²) in [6.07, 6.45) is 10.5. The summed E-state index contributed by atoms with van der Waals surface area (Å²) in [5, 5.41) is 0. The predicted molar refractivity (Wildman–Crippen MR) is 190 cm³/mol. The number of rotatable bonds is 9. The molecule has 10 fully saturated rings. The molecule has 0 aromatic rings. The second-order valence-electron chi connectivity index (χ2n) is 20.0. The molecule has 8 bridgehead atoms. The number of hydrogen-bond donors (Lipinski definition) is 0. The minimum absolute atomic E-state index is 0.0306. The van der Waals surface area contributed by atoms with Gasteiger partial charge in [0.1, 0.15) is 32.2 Å². The van der Waals surface area contributed by atoms with E-state index in [1.165, 1.54) is 38.5 Å². The van der Waals surface area contributed by atoms with Crippen LogP contribution in [-0.4, -0.2) is 63.2 Å². The first-order chi connectivity index (χ1) is 24.5. The topological polar surface area (TPSA) is 89.5 Å². The maximum absolute atomic E-state index is 12.4. The van der Waals surface area contributed by atoms with E-state index < -0.39 is 5.79 Å². The van der Waals surface area contributed by atoms with E-state index >= 15 is 0 Å². The summed E-state index contributed by atoms with van der Waals surface area (Å²) >= 11 is 0. The lowest BCUT2D eigenvalue weighted by Gasteiger charge is -2.43. The molecule has 0 aromatic carbocycles. The van der Waals surface area contributed by atoms with Crippen molar-refractivity contribution in [1.82, 2.24) is 0 Å². The van der Waals surface area contributed by atoms with E-state index in [9.17, 15) is 9.59 Å². The van der Waals surface area contributed by atoms with Crippen LogP contribution in [0, 0.1) is 107 Å². The van der Waals surface area contributed by atoms with E-state index in [0.29, 0.717) is 52.0 Å². The lowest BCUT2D eigenvalue weighted by atomic mass is 9.61. The number of fused-ring (bicyclic) bond motifs is 18. The third-order valence-corrected chi connectivity index (χ3v) is 17.7. The molecule has 8 aliphatic carbocycles. The lowest BCUT2D eigenvalue weighted by Crippen LogP contribution is -2.39. The maximum atomic E-state index is 12.4. The van der Waals surface area contributed by atoms with E-state index in [-0.39, 0.29) is 24.1 Å². The van der Waals surface area contributed by atoms with E-state index in [1.54, 1.807) is 0 Å². The summed E-state index contributed by atoms with van der Waals surface area (Å²) in [6, 6.07) is 0.